The van der Waals surface area contributed by atoms with Crippen molar-refractivity contribution in [2.24, 2.45) is 0 Å². The Balaban J connectivity index is 3.25. The normalized spacial score (nSPS) is 11.1. The molecule has 0 heterocycles. The van der Waals surface area contributed by atoms with Crippen molar-refractivity contribution in [3.05, 3.63) is 24.3 Å². The van der Waals surface area contributed by atoms with Gasteiger partial charge in [-0.25, -0.2) is 0 Å². The number of allylic oxidation sites excluding steroid dienone is 4. The average Bonchev–Trinajstić information content (AvgIpc) is 2.38. The van der Waals surface area contributed by atoms with Gasteiger partial charge in [0.2, 0.25) is 0 Å². The van der Waals surface area contributed by atoms with Gasteiger partial charge < -0.3 is 9.47 Å². The SMILES string of the molecule is CC(=O)OCCC/C=C/CC/C=C/CCCOC(C)=O. The van der Waals surface area contributed by atoms with Crippen LogP contribution in [0, 0.1) is 0 Å². The second kappa shape index (κ2) is 13.8. The highest BCUT2D eigenvalue weighted by Crippen LogP contribution is 1.99. The van der Waals surface area contributed by atoms with Gasteiger partial charge in [0.1, 0.15) is 0 Å². The summed E-state index contributed by atoms with van der Waals surface area (Å²) < 4.78 is 9.67. The van der Waals surface area contributed by atoms with Gasteiger partial charge in [0.25, 0.3) is 0 Å². The summed E-state index contributed by atoms with van der Waals surface area (Å²) >= 11 is 0. The van der Waals surface area contributed by atoms with E-state index in [2.05, 4.69) is 24.3 Å². The minimum absolute atomic E-state index is 0.215. The number of hydrogen-bond acceptors (Lipinski definition) is 4. The Morgan fingerprint density at radius 1 is 0.700 bits per heavy atom. The molecule has 0 bridgehead atoms. The lowest BCUT2D eigenvalue weighted by Gasteiger charge is -1.98. The molecule has 0 aliphatic carbocycles. The molecular formula is C16H26O4. The first-order valence-electron chi connectivity index (χ1n) is 7.19. The van der Waals surface area contributed by atoms with Crippen LogP contribution in [0.25, 0.3) is 0 Å². The van der Waals surface area contributed by atoms with Crippen LogP contribution in [0.15, 0.2) is 24.3 Å². The van der Waals surface area contributed by atoms with Gasteiger partial charge >= 0.3 is 11.9 Å². The lowest BCUT2D eigenvalue weighted by molar-refractivity contribution is -0.142. The van der Waals surface area contributed by atoms with Crippen LogP contribution in [0.3, 0.4) is 0 Å². The third-order valence-corrected chi connectivity index (χ3v) is 2.47. The Labute approximate surface area is 121 Å². The number of unbranched alkanes of at least 4 members (excludes halogenated alkanes) is 3. The number of esters is 2. The molecule has 114 valence electrons. The molecule has 0 unspecified atom stereocenters. The molecule has 20 heavy (non-hydrogen) atoms. The number of ether oxygens (including phenoxy) is 2. The Bertz CT molecular complexity index is 286. The molecular weight excluding hydrogens is 256 g/mol. The molecule has 0 aliphatic rings. The molecule has 0 aromatic carbocycles. The van der Waals surface area contributed by atoms with E-state index in [1.807, 2.05) is 0 Å². The lowest BCUT2D eigenvalue weighted by Crippen LogP contribution is -1.99. The maximum absolute atomic E-state index is 10.5. The van der Waals surface area contributed by atoms with E-state index in [-0.39, 0.29) is 11.9 Å². The third kappa shape index (κ3) is 16.4. The van der Waals surface area contributed by atoms with Crippen LogP contribution in [-0.2, 0) is 19.1 Å². The summed E-state index contributed by atoms with van der Waals surface area (Å²) in [6, 6.07) is 0. The monoisotopic (exact) mass is 282 g/mol. The zero-order chi connectivity index (χ0) is 15.1. The quantitative estimate of drug-likeness (QED) is 0.330. The van der Waals surface area contributed by atoms with Crippen molar-refractivity contribution in [1.82, 2.24) is 0 Å². The van der Waals surface area contributed by atoms with Crippen molar-refractivity contribution < 1.29 is 19.1 Å². The zero-order valence-corrected chi connectivity index (χ0v) is 12.6. The van der Waals surface area contributed by atoms with Crippen LogP contribution in [0.5, 0.6) is 0 Å². The van der Waals surface area contributed by atoms with Crippen molar-refractivity contribution in [2.75, 3.05) is 13.2 Å². The van der Waals surface area contributed by atoms with Gasteiger partial charge in [-0.05, 0) is 38.5 Å². The summed E-state index contributed by atoms with van der Waals surface area (Å²) in [5.74, 6) is -0.430. The van der Waals surface area contributed by atoms with Gasteiger partial charge in [-0.3, -0.25) is 9.59 Å². The van der Waals surface area contributed by atoms with Crippen LogP contribution in [-0.4, -0.2) is 25.2 Å². The molecule has 4 nitrogen and oxygen atoms in total. The van der Waals surface area contributed by atoms with Crippen molar-refractivity contribution in [1.29, 1.82) is 0 Å². The van der Waals surface area contributed by atoms with Crippen molar-refractivity contribution >= 4 is 11.9 Å². The van der Waals surface area contributed by atoms with Gasteiger partial charge in [0.15, 0.2) is 0 Å². The summed E-state index contributed by atoms with van der Waals surface area (Å²) in [4.78, 5) is 21.0. The first kappa shape index (κ1) is 18.4. The zero-order valence-electron chi connectivity index (χ0n) is 12.6. The van der Waals surface area contributed by atoms with Gasteiger partial charge in [-0.2, -0.15) is 0 Å². The number of hydrogen-bond donors (Lipinski definition) is 0. The molecule has 0 spiro atoms. The van der Waals surface area contributed by atoms with Crippen molar-refractivity contribution in [3.8, 4) is 0 Å². The van der Waals surface area contributed by atoms with Crippen LogP contribution in [0.4, 0.5) is 0 Å². The van der Waals surface area contributed by atoms with Crippen LogP contribution >= 0.6 is 0 Å². The smallest absolute Gasteiger partial charge is 0.302 e. The molecule has 0 aliphatic heterocycles. The predicted molar refractivity (Wildman–Crippen MR) is 79.2 cm³/mol. The number of carbonyl (C=O) groups excluding carboxylic acids is 2. The molecule has 0 atom stereocenters. The van der Waals surface area contributed by atoms with E-state index in [1.165, 1.54) is 13.8 Å². The highest BCUT2D eigenvalue weighted by molar-refractivity contribution is 5.66. The molecule has 0 fully saturated rings. The van der Waals surface area contributed by atoms with E-state index in [0.717, 1.165) is 38.5 Å². The fourth-order valence-electron chi connectivity index (χ4n) is 1.50. The van der Waals surface area contributed by atoms with Gasteiger partial charge in [-0.15, -0.1) is 0 Å². The Hall–Kier alpha value is -1.58. The standard InChI is InChI=1S/C16H26O4/c1-15(17)19-13-11-9-7-5-3-4-6-8-10-12-14-20-16(2)18/h5-8H,3-4,9-14H2,1-2H3/b7-5+,8-6+. The van der Waals surface area contributed by atoms with Gasteiger partial charge in [0, 0.05) is 13.8 Å². The van der Waals surface area contributed by atoms with Crippen LogP contribution in [0.1, 0.15) is 52.4 Å². The second-order valence-corrected chi connectivity index (χ2v) is 4.48. The topological polar surface area (TPSA) is 52.6 Å². The van der Waals surface area contributed by atoms with E-state index < -0.39 is 0 Å². The molecule has 0 amide bonds. The van der Waals surface area contributed by atoms with E-state index in [4.69, 9.17) is 9.47 Å². The van der Waals surface area contributed by atoms with Crippen molar-refractivity contribution in [2.45, 2.75) is 52.4 Å². The Kier molecular flexibility index (Phi) is 12.7. The van der Waals surface area contributed by atoms with Gasteiger partial charge in [0.05, 0.1) is 13.2 Å². The first-order chi connectivity index (χ1) is 9.63. The fourth-order valence-corrected chi connectivity index (χ4v) is 1.50. The Morgan fingerprint density at radius 2 is 1.05 bits per heavy atom. The second-order valence-electron chi connectivity index (χ2n) is 4.48. The van der Waals surface area contributed by atoms with E-state index in [1.54, 1.807) is 0 Å². The van der Waals surface area contributed by atoms with Gasteiger partial charge in [-0.1, -0.05) is 24.3 Å². The van der Waals surface area contributed by atoms with Crippen LogP contribution in [0.2, 0.25) is 0 Å². The summed E-state index contributed by atoms with van der Waals surface area (Å²) in [5, 5.41) is 0. The maximum atomic E-state index is 10.5. The van der Waals surface area contributed by atoms with Crippen LogP contribution < -0.4 is 0 Å². The molecule has 0 aromatic rings. The molecule has 0 saturated carbocycles. The van der Waals surface area contributed by atoms with Crippen molar-refractivity contribution in [3.63, 3.8) is 0 Å². The summed E-state index contributed by atoms with van der Waals surface area (Å²) in [6.45, 7) is 3.85. The average molecular weight is 282 g/mol. The van der Waals surface area contributed by atoms with E-state index >= 15 is 0 Å². The molecule has 0 radical (unpaired) electrons. The summed E-state index contributed by atoms with van der Waals surface area (Å²) in [7, 11) is 0. The maximum Gasteiger partial charge on any atom is 0.302 e. The van der Waals surface area contributed by atoms with E-state index in [0.29, 0.717) is 13.2 Å². The molecule has 0 rings (SSSR count). The number of carbonyl (C=O) groups is 2. The highest BCUT2D eigenvalue weighted by Gasteiger charge is 1.91. The minimum Gasteiger partial charge on any atom is -0.466 e. The summed E-state index contributed by atoms with van der Waals surface area (Å²) in [6.07, 6.45) is 14.2. The molecule has 0 N–H and O–H groups in total. The molecule has 4 heteroatoms. The molecule has 0 saturated heterocycles. The predicted octanol–water partition coefficient (Wildman–Crippen LogP) is 3.57. The fraction of sp³-hybridized carbons (Fsp3) is 0.625. The first-order valence-corrected chi connectivity index (χ1v) is 7.19. The number of rotatable bonds is 11. The largest absolute Gasteiger partial charge is 0.466 e. The highest BCUT2D eigenvalue weighted by atomic mass is 16.5. The molecule has 0 aromatic heterocycles. The van der Waals surface area contributed by atoms with E-state index in [9.17, 15) is 9.59 Å². The minimum atomic E-state index is -0.215. The lowest BCUT2D eigenvalue weighted by atomic mass is 10.2. The third-order valence-electron chi connectivity index (χ3n) is 2.47. The summed E-state index contributed by atoms with van der Waals surface area (Å²) in [5.41, 5.74) is 0. The Morgan fingerprint density at radius 3 is 1.40 bits per heavy atom.